The van der Waals surface area contributed by atoms with Crippen molar-refractivity contribution in [2.75, 3.05) is 6.61 Å². The third-order valence-electron chi connectivity index (χ3n) is 11.7. The predicted octanol–water partition coefficient (Wildman–Crippen LogP) is 15.5. The third-order valence-corrected chi connectivity index (χ3v) is 11.7. The van der Waals surface area contributed by atoms with Crippen LogP contribution in [0.25, 0.3) is 0 Å². The van der Waals surface area contributed by atoms with E-state index in [4.69, 9.17) is 4.74 Å². The zero-order valence-corrected chi connectivity index (χ0v) is 39.8. The lowest BCUT2D eigenvalue weighted by molar-refractivity contribution is -0.151. The number of hydrogen-bond donors (Lipinski definition) is 3. The molecular weight excluding hydrogens is 743 g/mol. The molecule has 3 unspecified atom stereocenters. The number of aliphatic hydroxyl groups excluding tert-OH is 2. The summed E-state index contributed by atoms with van der Waals surface area (Å²) in [6.45, 7) is 6.44. The highest BCUT2D eigenvalue weighted by atomic mass is 16.5. The van der Waals surface area contributed by atoms with E-state index in [1.165, 1.54) is 128 Å². The first-order chi connectivity index (χ1) is 29.5. The molecule has 1 amide bonds. The Hall–Kier alpha value is -2.18. The van der Waals surface area contributed by atoms with Gasteiger partial charge in [0.25, 0.3) is 0 Å². The van der Waals surface area contributed by atoms with Crippen LogP contribution in [0.1, 0.15) is 258 Å². The Bertz CT molecular complexity index is 1040. The van der Waals surface area contributed by atoms with E-state index in [0.717, 1.165) is 83.5 Å². The minimum atomic E-state index is -0.792. The summed E-state index contributed by atoms with van der Waals surface area (Å²) >= 11 is 0. The minimum absolute atomic E-state index is 0.0639. The lowest BCUT2D eigenvalue weighted by Crippen LogP contribution is -2.46. The summed E-state index contributed by atoms with van der Waals surface area (Å²) in [5.41, 5.74) is 0. The maximum absolute atomic E-state index is 13.2. The van der Waals surface area contributed by atoms with Gasteiger partial charge in [-0.05, 0) is 77.0 Å². The first-order valence-electron chi connectivity index (χ1n) is 25.9. The molecule has 0 spiro atoms. The van der Waals surface area contributed by atoms with Crippen molar-refractivity contribution in [3.63, 3.8) is 0 Å². The average molecular weight is 842 g/mol. The fourth-order valence-corrected chi connectivity index (χ4v) is 7.72. The second-order valence-electron chi connectivity index (χ2n) is 17.6. The van der Waals surface area contributed by atoms with Crippen LogP contribution in [0, 0.1) is 0 Å². The van der Waals surface area contributed by atoms with Gasteiger partial charge in [-0.15, -0.1) is 0 Å². The molecule has 0 saturated heterocycles. The lowest BCUT2D eigenvalue weighted by atomic mass is 10.0. The molecule has 0 saturated carbocycles. The standard InChI is InChI=1S/C54H99NO5/c1-4-7-10-13-16-19-22-24-25-26-27-28-30-32-35-38-41-44-47-54(59)60-50(45-42-39-36-33-31-29-23-20-17-14-11-8-5-2)48-53(58)55-51(49-56)52(57)46-43-40-37-34-21-18-15-12-9-6-3/h20,22-28,50-52,56-57H,4-19,21,29-49H2,1-3H3,(H,55,58)/b23-20-,24-22+,26-25+,28-27+. The van der Waals surface area contributed by atoms with E-state index in [2.05, 4.69) is 74.7 Å². The van der Waals surface area contributed by atoms with Crippen molar-refractivity contribution in [2.24, 2.45) is 0 Å². The Morgan fingerprint density at radius 1 is 0.483 bits per heavy atom. The van der Waals surface area contributed by atoms with Crippen LogP contribution >= 0.6 is 0 Å². The normalized spacial score (nSPS) is 13.6. The van der Waals surface area contributed by atoms with E-state index in [1.807, 2.05) is 0 Å². The Morgan fingerprint density at radius 2 is 0.867 bits per heavy atom. The van der Waals surface area contributed by atoms with E-state index in [0.29, 0.717) is 19.3 Å². The number of amides is 1. The van der Waals surface area contributed by atoms with Crippen LogP contribution < -0.4 is 5.32 Å². The second kappa shape index (κ2) is 47.9. The number of carbonyl (C=O) groups is 2. The molecule has 0 rings (SSSR count). The molecule has 6 nitrogen and oxygen atoms in total. The zero-order chi connectivity index (χ0) is 43.8. The van der Waals surface area contributed by atoms with Gasteiger partial charge in [-0.25, -0.2) is 0 Å². The quantitative estimate of drug-likeness (QED) is 0.0246. The molecule has 60 heavy (non-hydrogen) atoms. The molecule has 0 aromatic carbocycles. The smallest absolute Gasteiger partial charge is 0.306 e. The highest BCUT2D eigenvalue weighted by Crippen LogP contribution is 2.17. The van der Waals surface area contributed by atoms with Crippen LogP contribution in [0.2, 0.25) is 0 Å². The molecule has 6 heteroatoms. The van der Waals surface area contributed by atoms with E-state index in [-0.39, 0.29) is 24.9 Å². The van der Waals surface area contributed by atoms with Crippen LogP contribution in [-0.4, -0.2) is 46.9 Å². The number of aliphatic hydroxyl groups is 2. The molecule has 0 aromatic heterocycles. The van der Waals surface area contributed by atoms with Gasteiger partial charge in [0.05, 0.1) is 25.2 Å². The topological polar surface area (TPSA) is 95.9 Å². The maximum Gasteiger partial charge on any atom is 0.306 e. The number of unbranched alkanes of at least 4 members (excludes halogenated alkanes) is 28. The molecular formula is C54H99NO5. The van der Waals surface area contributed by atoms with Gasteiger partial charge in [0.15, 0.2) is 0 Å². The van der Waals surface area contributed by atoms with Gasteiger partial charge in [0.2, 0.25) is 5.91 Å². The Labute approximate surface area is 372 Å². The molecule has 0 aromatic rings. The molecule has 3 atom stereocenters. The van der Waals surface area contributed by atoms with Gasteiger partial charge in [-0.3, -0.25) is 9.59 Å². The van der Waals surface area contributed by atoms with Gasteiger partial charge >= 0.3 is 5.97 Å². The molecule has 0 bridgehead atoms. The van der Waals surface area contributed by atoms with Crippen molar-refractivity contribution in [1.29, 1.82) is 0 Å². The van der Waals surface area contributed by atoms with Gasteiger partial charge < -0.3 is 20.3 Å². The first-order valence-corrected chi connectivity index (χ1v) is 25.9. The molecule has 0 heterocycles. The summed E-state index contributed by atoms with van der Waals surface area (Å²) in [7, 11) is 0. The van der Waals surface area contributed by atoms with Gasteiger partial charge in [-0.2, -0.15) is 0 Å². The molecule has 0 fully saturated rings. The number of carbonyl (C=O) groups excluding carboxylic acids is 2. The van der Waals surface area contributed by atoms with Gasteiger partial charge in [0.1, 0.15) is 6.10 Å². The molecule has 350 valence electrons. The van der Waals surface area contributed by atoms with Crippen LogP contribution in [0.4, 0.5) is 0 Å². The summed E-state index contributed by atoms with van der Waals surface area (Å²) in [6.07, 6.45) is 57.4. The Morgan fingerprint density at radius 3 is 1.33 bits per heavy atom. The number of hydrogen-bond acceptors (Lipinski definition) is 5. The van der Waals surface area contributed by atoms with Crippen LogP contribution in [0.15, 0.2) is 48.6 Å². The summed E-state index contributed by atoms with van der Waals surface area (Å²) in [5, 5.41) is 23.7. The summed E-state index contributed by atoms with van der Waals surface area (Å²) in [6, 6.07) is -0.707. The van der Waals surface area contributed by atoms with Gasteiger partial charge in [-0.1, -0.05) is 217 Å². The zero-order valence-electron chi connectivity index (χ0n) is 39.8. The van der Waals surface area contributed by atoms with Crippen molar-refractivity contribution in [3.8, 4) is 0 Å². The van der Waals surface area contributed by atoms with E-state index in [9.17, 15) is 19.8 Å². The molecule has 0 aliphatic heterocycles. The van der Waals surface area contributed by atoms with Crippen molar-refractivity contribution >= 4 is 11.9 Å². The van der Waals surface area contributed by atoms with E-state index in [1.54, 1.807) is 0 Å². The van der Waals surface area contributed by atoms with Crippen LogP contribution in [-0.2, 0) is 14.3 Å². The molecule has 0 radical (unpaired) electrons. The first kappa shape index (κ1) is 57.8. The third kappa shape index (κ3) is 42.5. The number of ether oxygens (including phenoxy) is 1. The van der Waals surface area contributed by atoms with Crippen molar-refractivity contribution in [2.45, 2.75) is 277 Å². The SMILES string of the molecule is CCCCCC/C=C\CCCCCCCC(CC(=O)NC(CO)C(O)CCCCCCCCCCCC)OC(=O)CCCCCCC/C=C/C=C/C=C/CCCCCCC. The summed E-state index contributed by atoms with van der Waals surface area (Å²) in [5.74, 6) is -0.501. The fraction of sp³-hybridized carbons (Fsp3) is 0.815. The van der Waals surface area contributed by atoms with Gasteiger partial charge in [0, 0.05) is 6.42 Å². The van der Waals surface area contributed by atoms with Crippen molar-refractivity contribution in [1.82, 2.24) is 5.32 Å². The number of nitrogens with one attached hydrogen (secondary N) is 1. The fourth-order valence-electron chi connectivity index (χ4n) is 7.72. The minimum Gasteiger partial charge on any atom is -0.462 e. The lowest BCUT2D eigenvalue weighted by Gasteiger charge is -2.24. The molecule has 0 aliphatic carbocycles. The van der Waals surface area contributed by atoms with E-state index < -0.39 is 18.2 Å². The number of allylic oxidation sites excluding steroid dienone is 8. The molecule has 3 N–H and O–H groups in total. The Balaban J connectivity index is 4.60. The van der Waals surface area contributed by atoms with Crippen molar-refractivity contribution < 1.29 is 24.5 Å². The largest absolute Gasteiger partial charge is 0.462 e. The van der Waals surface area contributed by atoms with Crippen LogP contribution in [0.5, 0.6) is 0 Å². The molecule has 0 aliphatic rings. The van der Waals surface area contributed by atoms with E-state index >= 15 is 0 Å². The number of rotatable bonds is 46. The van der Waals surface area contributed by atoms with Crippen molar-refractivity contribution in [3.05, 3.63) is 48.6 Å². The highest BCUT2D eigenvalue weighted by molar-refractivity contribution is 5.77. The second-order valence-corrected chi connectivity index (χ2v) is 17.6. The highest BCUT2D eigenvalue weighted by Gasteiger charge is 2.24. The maximum atomic E-state index is 13.2. The summed E-state index contributed by atoms with van der Waals surface area (Å²) < 4.78 is 5.92. The van der Waals surface area contributed by atoms with Crippen LogP contribution in [0.3, 0.4) is 0 Å². The number of esters is 1. The monoisotopic (exact) mass is 842 g/mol. The predicted molar refractivity (Wildman–Crippen MR) is 259 cm³/mol. The Kier molecular flexibility index (Phi) is 46.1. The average Bonchev–Trinajstić information content (AvgIpc) is 3.24. The summed E-state index contributed by atoms with van der Waals surface area (Å²) in [4.78, 5) is 26.1.